The normalized spacial score (nSPS) is 16.7. The summed E-state index contributed by atoms with van der Waals surface area (Å²) in [6.07, 6.45) is 3.28. The van der Waals surface area contributed by atoms with E-state index >= 15 is 0 Å². The van der Waals surface area contributed by atoms with E-state index in [1.807, 2.05) is 0 Å². The zero-order valence-corrected chi connectivity index (χ0v) is 17.3. The monoisotopic (exact) mass is 392 g/mol. The molecule has 0 bridgehead atoms. The van der Waals surface area contributed by atoms with Gasteiger partial charge in [-0.25, -0.2) is 0 Å². The van der Waals surface area contributed by atoms with Gasteiger partial charge in [0.15, 0.2) is 11.5 Å². The number of ether oxygens (including phenoxy) is 3. The SMILES string of the molecule is COc1cc([C@H]2c3cccn3CCCN2Cc2ccccc2)cc(OC)c1OC. The van der Waals surface area contributed by atoms with Gasteiger partial charge in [0.05, 0.1) is 27.4 Å². The first-order valence-electron chi connectivity index (χ1n) is 9.98. The molecule has 1 aromatic heterocycles. The van der Waals surface area contributed by atoms with E-state index in [-0.39, 0.29) is 6.04 Å². The van der Waals surface area contributed by atoms with Crippen LogP contribution in [0.5, 0.6) is 17.2 Å². The molecule has 152 valence electrons. The summed E-state index contributed by atoms with van der Waals surface area (Å²) in [7, 11) is 4.97. The highest BCUT2D eigenvalue weighted by Gasteiger charge is 2.29. The van der Waals surface area contributed by atoms with E-state index in [1.54, 1.807) is 21.3 Å². The number of nitrogens with zero attached hydrogens (tertiary/aromatic N) is 2. The van der Waals surface area contributed by atoms with Crippen molar-refractivity contribution in [3.63, 3.8) is 0 Å². The summed E-state index contributed by atoms with van der Waals surface area (Å²) in [5, 5.41) is 0. The molecule has 0 aliphatic carbocycles. The molecule has 5 heteroatoms. The van der Waals surface area contributed by atoms with Gasteiger partial charge in [-0.15, -0.1) is 0 Å². The van der Waals surface area contributed by atoms with Crippen molar-refractivity contribution in [1.29, 1.82) is 0 Å². The zero-order chi connectivity index (χ0) is 20.2. The topological polar surface area (TPSA) is 35.9 Å². The number of rotatable bonds is 6. The molecule has 0 amide bonds. The van der Waals surface area contributed by atoms with Gasteiger partial charge in [-0.05, 0) is 41.8 Å². The smallest absolute Gasteiger partial charge is 0.203 e. The van der Waals surface area contributed by atoms with Gasteiger partial charge in [0, 0.05) is 31.5 Å². The van der Waals surface area contributed by atoms with Crippen molar-refractivity contribution < 1.29 is 14.2 Å². The molecule has 1 aliphatic rings. The fourth-order valence-electron chi connectivity index (χ4n) is 4.27. The van der Waals surface area contributed by atoms with Crippen molar-refractivity contribution in [3.8, 4) is 17.2 Å². The number of fused-ring (bicyclic) bond motifs is 1. The summed E-state index contributed by atoms with van der Waals surface area (Å²) >= 11 is 0. The van der Waals surface area contributed by atoms with Crippen molar-refractivity contribution in [2.45, 2.75) is 25.6 Å². The standard InChI is InChI=1S/C24H28N2O3/c1-27-21-15-19(16-22(28-2)24(21)29-3)23-20-11-7-12-25(20)13-8-14-26(23)17-18-9-5-4-6-10-18/h4-7,9-12,15-16,23H,8,13-14,17H2,1-3H3/t23-/m0/s1. The van der Waals surface area contributed by atoms with Gasteiger partial charge in [0.2, 0.25) is 5.75 Å². The predicted octanol–water partition coefficient (Wildman–Crippen LogP) is 4.51. The summed E-state index contributed by atoms with van der Waals surface area (Å²) in [4.78, 5) is 2.54. The molecule has 0 unspecified atom stereocenters. The van der Waals surface area contributed by atoms with Crippen LogP contribution < -0.4 is 14.2 Å². The van der Waals surface area contributed by atoms with Crippen LogP contribution in [0.4, 0.5) is 0 Å². The van der Waals surface area contributed by atoms with E-state index in [0.29, 0.717) is 17.2 Å². The molecule has 3 aromatic rings. The van der Waals surface area contributed by atoms with Gasteiger partial charge in [0.1, 0.15) is 0 Å². The van der Waals surface area contributed by atoms with E-state index in [1.165, 1.54) is 11.3 Å². The number of aromatic nitrogens is 1. The van der Waals surface area contributed by atoms with Crippen LogP contribution in [-0.4, -0.2) is 37.3 Å². The molecule has 1 atom stereocenters. The first-order valence-corrected chi connectivity index (χ1v) is 9.98. The van der Waals surface area contributed by atoms with Crippen molar-refractivity contribution in [3.05, 3.63) is 77.6 Å². The molecule has 1 aliphatic heterocycles. The molecule has 0 spiro atoms. The van der Waals surface area contributed by atoms with Crippen LogP contribution in [0.1, 0.15) is 29.3 Å². The first kappa shape index (κ1) is 19.4. The summed E-state index contributed by atoms with van der Waals surface area (Å²) in [5.74, 6) is 1.99. The van der Waals surface area contributed by atoms with Crippen LogP contribution in [-0.2, 0) is 13.1 Å². The minimum Gasteiger partial charge on any atom is -0.493 e. The molecule has 0 N–H and O–H groups in total. The summed E-state index contributed by atoms with van der Waals surface area (Å²) in [6.45, 7) is 2.92. The molecule has 29 heavy (non-hydrogen) atoms. The lowest BCUT2D eigenvalue weighted by Crippen LogP contribution is -2.29. The molecule has 5 nitrogen and oxygen atoms in total. The summed E-state index contributed by atoms with van der Waals surface area (Å²) in [5.41, 5.74) is 3.73. The maximum atomic E-state index is 5.63. The van der Waals surface area contributed by atoms with Gasteiger partial charge >= 0.3 is 0 Å². The van der Waals surface area contributed by atoms with E-state index in [2.05, 4.69) is 70.3 Å². The van der Waals surface area contributed by atoms with Gasteiger partial charge in [-0.3, -0.25) is 4.90 Å². The highest BCUT2D eigenvalue weighted by atomic mass is 16.5. The van der Waals surface area contributed by atoms with Crippen molar-refractivity contribution in [1.82, 2.24) is 9.47 Å². The molecule has 2 aromatic carbocycles. The molecular formula is C24H28N2O3. The summed E-state index contributed by atoms with van der Waals surface area (Å²) in [6, 6.07) is 19.2. The number of aryl methyl sites for hydroxylation is 1. The highest BCUT2D eigenvalue weighted by Crippen LogP contribution is 2.43. The second-order valence-corrected chi connectivity index (χ2v) is 7.30. The Labute approximate surface area is 172 Å². The first-order chi connectivity index (χ1) is 14.2. The third kappa shape index (κ3) is 3.83. The Balaban J connectivity index is 1.82. The predicted molar refractivity (Wildman–Crippen MR) is 114 cm³/mol. The van der Waals surface area contributed by atoms with E-state index < -0.39 is 0 Å². The Morgan fingerprint density at radius 2 is 1.59 bits per heavy atom. The third-order valence-electron chi connectivity index (χ3n) is 5.59. The van der Waals surface area contributed by atoms with Crippen LogP contribution in [0.3, 0.4) is 0 Å². The number of methoxy groups -OCH3 is 3. The number of hydrogen-bond donors (Lipinski definition) is 0. The van der Waals surface area contributed by atoms with Crippen LogP contribution in [0.15, 0.2) is 60.8 Å². The molecule has 4 rings (SSSR count). The molecule has 0 saturated carbocycles. The maximum Gasteiger partial charge on any atom is 0.203 e. The largest absolute Gasteiger partial charge is 0.493 e. The highest BCUT2D eigenvalue weighted by molar-refractivity contribution is 5.55. The average molecular weight is 392 g/mol. The quantitative estimate of drug-likeness (QED) is 0.618. The van der Waals surface area contributed by atoms with E-state index in [0.717, 1.165) is 31.6 Å². The van der Waals surface area contributed by atoms with Crippen LogP contribution >= 0.6 is 0 Å². The fraction of sp³-hybridized carbons (Fsp3) is 0.333. The van der Waals surface area contributed by atoms with Crippen LogP contribution in [0, 0.1) is 0 Å². The Morgan fingerprint density at radius 3 is 2.24 bits per heavy atom. The molecule has 0 saturated heterocycles. The van der Waals surface area contributed by atoms with Gasteiger partial charge in [-0.1, -0.05) is 30.3 Å². The minimum atomic E-state index is 0.0985. The summed E-state index contributed by atoms with van der Waals surface area (Å²) < 4.78 is 19.2. The van der Waals surface area contributed by atoms with Gasteiger partial charge < -0.3 is 18.8 Å². The molecule has 0 radical (unpaired) electrons. The van der Waals surface area contributed by atoms with Crippen LogP contribution in [0.25, 0.3) is 0 Å². The lowest BCUT2D eigenvalue weighted by atomic mass is 9.99. The third-order valence-corrected chi connectivity index (χ3v) is 5.59. The second kappa shape index (κ2) is 8.62. The Hall–Kier alpha value is -2.92. The van der Waals surface area contributed by atoms with E-state index in [4.69, 9.17) is 14.2 Å². The average Bonchev–Trinajstić information content (AvgIpc) is 3.14. The fourth-order valence-corrected chi connectivity index (χ4v) is 4.27. The van der Waals surface area contributed by atoms with Gasteiger partial charge in [0.25, 0.3) is 0 Å². The van der Waals surface area contributed by atoms with Crippen LogP contribution in [0.2, 0.25) is 0 Å². The molecular weight excluding hydrogens is 364 g/mol. The lowest BCUT2D eigenvalue weighted by molar-refractivity contribution is 0.219. The zero-order valence-electron chi connectivity index (χ0n) is 17.3. The maximum absolute atomic E-state index is 5.63. The van der Waals surface area contributed by atoms with E-state index in [9.17, 15) is 0 Å². The van der Waals surface area contributed by atoms with Crippen molar-refractivity contribution in [2.75, 3.05) is 27.9 Å². The van der Waals surface area contributed by atoms with Crippen molar-refractivity contribution >= 4 is 0 Å². The van der Waals surface area contributed by atoms with Gasteiger partial charge in [-0.2, -0.15) is 0 Å². The molecule has 2 heterocycles. The number of benzene rings is 2. The Kier molecular flexibility index (Phi) is 5.76. The Bertz CT molecular complexity index is 927. The number of hydrogen-bond acceptors (Lipinski definition) is 4. The molecule has 0 fully saturated rings. The minimum absolute atomic E-state index is 0.0985. The Morgan fingerprint density at radius 1 is 0.862 bits per heavy atom. The van der Waals surface area contributed by atoms with Crippen molar-refractivity contribution in [2.24, 2.45) is 0 Å². The second-order valence-electron chi connectivity index (χ2n) is 7.30. The lowest BCUT2D eigenvalue weighted by Gasteiger charge is -2.31.